The Morgan fingerprint density at radius 3 is 2.84 bits per heavy atom. The summed E-state index contributed by atoms with van der Waals surface area (Å²) in [6, 6.07) is 6.03. The summed E-state index contributed by atoms with van der Waals surface area (Å²) in [6.07, 6.45) is 7.96. The van der Waals surface area contributed by atoms with Gasteiger partial charge < -0.3 is 15.5 Å². The number of halogens is 1. The Labute approximate surface area is 170 Å². The van der Waals surface area contributed by atoms with E-state index in [1.54, 1.807) is 0 Å². The Morgan fingerprint density at radius 1 is 1.28 bits per heavy atom. The largest absolute Gasteiger partial charge is 0.356 e. The van der Waals surface area contributed by atoms with Crippen molar-refractivity contribution in [3.05, 3.63) is 30.1 Å². The SMILES string of the molecule is CN=C(NCCCCN1CCCC(C)C1)NCCc1ccccn1.I. The molecular formula is C19H34IN5. The third kappa shape index (κ3) is 9.39. The van der Waals surface area contributed by atoms with E-state index in [1.807, 2.05) is 25.4 Å². The summed E-state index contributed by atoms with van der Waals surface area (Å²) in [5.74, 6) is 1.76. The minimum absolute atomic E-state index is 0. The third-order valence-corrected chi connectivity index (χ3v) is 4.56. The molecule has 0 spiro atoms. The summed E-state index contributed by atoms with van der Waals surface area (Å²) in [5, 5.41) is 6.75. The van der Waals surface area contributed by atoms with Crippen molar-refractivity contribution >= 4 is 29.9 Å². The molecule has 1 saturated heterocycles. The van der Waals surface area contributed by atoms with Gasteiger partial charge in [0, 0.05) is 45.0 Å². The molecule has 2 heterocycles. The molecule has 2 N–H and O–H groups in total. The molecule has 1 aliphatic rings. The maximum Gasteiger partial charge on any atom is 0.190 e. The first-order chi connectivity index (χ1) is 11.8. The number of piperidine rings is 1. The topological polar surface area (TPSA) is 52.6 Å². The molecule has 1 atom stereocenters. The third-order valence-electron chi connectivity index (χ3n) is 4.56. The minimum atomic E-state index is 0. The number of pyridine rings is 1. The zero-order valence-corrected chi connectivity index (χ0v) is 18.0. The van der Waals surface area contributed by atoms with Gasteiger partial charge >= 0.3 is 0 Å². The Kier molecular flexibility index (Phi) is 11.8. The van der Waals surface area contributed by atoms with Gasteiger partial charge in [-0.2, -0.15) is 0 Å². The molecule has 1 aromatic rings. The van der Waals surface area contributed by atoms with E-state index in [4.69, 9.17) is 0 Å². The van der Waals surface area contributed by atoms with Gasteiger partial charge in [-0.15, -0.1) is 24.0 Å². The van der Waals surface area contributed by atoms with Crippen LogP contribution in [-0.4, -0.2) is 55.6 Å². The van der Waals surface area contributed by atoms with Crippen molar-refractivity contribution in [3.8, 4) is 0 Å². The van der Waals surface area contributed by atoms with E-state index in [0.29, 0.717) is 0 Å². The van der Waals surface area contributed by atoms with Gasteiger partial charge in [0.2, 0.25) is 0 Å². The molecule has 2 rings (SSSR count). The van der Waals surface area contributed by atoms with E-state index in [-0.39, 0.29) is 24.0 Å². The fourth-order valence-electron chi connectivity index (χ4n) is 3.23. The van der Waals surface area contributed by atoms with E-state index in [9.17, 15) is 0 Å². The first-order valence-corrected chi connectivity index (χ1v) is 9.34. The average molecular weight is 459 g/mol. The first-order valence-electron chi connectivity index (χ1n) is 9.34. The van der Waals surface area contributed by atoms with Gasteiger partial charge in [0.05, 0.1) is 0 Å². The number of hydrogen-bond donors (Lipinski definition) is 2. The quantitative estimate of drug-likeness (QED) is 0.272. The molecule has 1 aliphatic heterocycles. The molecule has 5 nitrogen and oxygen atoms in total. The van der Waals surface area contributed by atoms with Crippen LogP contribution < -0.4 is 10.6 Å². The van der Waals surface area contributed by atoms with Crippen molar-refractivity contribution in [2.24, 2.45) is 10.9 Å². The number of unbranched alkanes of at least 4 members (excludes halogenated alkanes) is 1. The molecular weight excluding hydrogens is 425 g/mol. The van der Waals surface area contributed by atoms with E-state index in [1.165, 1.54) is 45.3 Å². The van der Waals surface area contributed by atoms with E-state index < -0.39 is 0 Å². The highest BCUT2D eigenvalue weighted by molar-refractivity contribution is 14.0. The summed E-state index contributed by atoms with van der Waals surface area (Å²) in [5.41, 5.74) is 1.11. The summed E-state index contributed by atoms with van der Waals surface area (Å²) in [6.45, 7) is 8.00. The summed E-state index contributed by atoms with van der Waals surface area (Å²) in [7, 11) is 1.82. The molecule has 1 unspecified atom stereocenters. The average Bonchev–Trinajstić information content (AvgIpc) is 2.61. The van der Waals surface area contributed by atoms with Crippen LogP contribution in [0.1, 0.15) is 38.3 Å². The van der Waals surface area contributed by atoms with E-state index in [2.05, 4.69) is 38.5 Å². The van der Waals surface area contributed by atoms with Crippen molar-refractivity contribution in [1.29, 1.82) is 0 Å². The minimum Gasteiger partial charge on any atom is -0.356 e. The van der Waals surface area contributed by atoms with E-state index in [0.717, 1.165) is 37.1 Å². The molecule has 6 heteroatoms. The van der Waals surface area contributed by atoms with Gasteiger partial charge in [-0.1, -0.05) is 13.0 Å². The Morgan fingerprint density at radius 2 is 2.12 bits per heavy atom. The lowest BCUT2D eigenvalue weighted by Crippen LogP contribution is -2.39. The van der Waals surface area contributed by atoms with Gasteiger partial charge in [0.15, 0.2) is 5.96 Å². The number of hydrogen-bond acceptors (Lipinski definition) is 3. The maximum absolute atomic E-state index is 4.33. The predicted octanol–water partition coefficient (Wildman–Crippen LogP) is 2.92. The highest BCUT2D eigenvalue weighted by atomic mass is 127. The van der Waals surface area contributed by atoms with Crippen LogP contribution in [0, 0.1) is 5.92 Å². The molecule has 142 valence electrons. The fourth-order valence-corrected chi connectivity index (χ4v) is 3.23. The standard InChI is InChI=1S/C19H33N5.HI/c1-17-8-7-15-24(16-17)14-6-5-12-22-19(20-2)23-13-10-18-9-3-4-11-21-18;/h3-4,9,11,17H,5-8,10,12-16H2,1-2H3,(H2,20,22,23);1H. The van der Waals surface area contributed by atoms with Gasteiger partial charge in [-0.05, 0) is 56.8 Å². The molecule has 25 heavy (non-hydrogen) atoms. The lowest BCUT2D eigenvalue weighted by molar-refractivity contribution is 0.181. The normalized spacial score (nSPS) is 18.5. The Balaban J connectivity index is 0.00000312. The number of aromatic nitrogens is 1. The number of rotatable bonds is 8. The Bertz CT molecular complexity index is 480. The van der Waals surface area contributed by atoms with Crippen molar-refractivity contribution < 1.29 is 0 Å². The predicted molar refractivity (Wildman–Crippen MR) is 117 cm³/mol. The number of guanidine groups is 1. The molecule has 0 aromatic carbocycles. The summed E-state index contributed by atoms with van der Waals surface area (Å²) < 4.78 is 0. The van der Waals surface area contributed by atoms with Gasteiger partial charge in [-0.3, -0.25) is 9.98 Å². The van der Waals surface area contributed by atoms with Crippen molar-refractivity contribution in [2.45, 2.75) is 39.0 Å². The first kappa shape index (κ1) is 22.2. The zero-order valence-electron chi connectivity index (χ0n) is 15.7. The molecule has 1 aromatic heterocycles. The van der Waals surface area contributed by atoms with Crippen molar-refractivity contribution in [3.63, 3.8) is 0 Å². The monoisotopic (exact) mass is 459 g/mol. The summed E-state index contributed by atoms with van der Waals surface area (Å²) >= 11 is 0. The van der Waals surface area contributed by atoms with Crippen LogP contribution in [0.3, 0.4) is 0 Å². The number of aliphatic imine (C=N–C) groups is 1. The van der Waals surface area contributed by atoms with Crippen molar-refractivity contribution in [1.82, 2.24) is 20.5 Å². The van der Waals surface area contributed by atoms with Crippen LogP contribution in [0.2, 0.25) is 0 Å². The number of nitrogens with one attached hydrogen (secondary N) is 2. The zero-order chi connectivity index (χ0) is 17.0. The molecule has 1 fully saturated rings. The summed E-state index contributed by atoms with van der Waals surface area (Å²) in [4.78, 5) is 11.2. The molecule has 0 amide bonds. The molecule has 0 radical (unpaired) electrons. The molecule has 0 saturated carbocycles. The smallest absolute Gasteiger partial charge is 0.190 e. The highest BCUT2D eigenvalue weighted by Gasteiger charge is 2.15. The van der Waals surface area contributed by atoms with Crippen LogP contribution in [0.5, 0.6) is 0 Å². The number of likely N-dealkylation sites (tertiary alicyclic amines) is 1. The van der Waals surface area contributed by atoms with Crippen LogP contribution in [0.25, 0.3) is 0 Å². The molecule has 0 aliphatic carbocycles. The number of nitrogens with zero attached hydrogens (tertiary/aromatic N) is 3. The van der Waals surface area contributed by atoms with Crippen molar-refractivity contribution in [2.75, 3.05) is 39.8 Å². The maximum atomic E-state index is 4.33. The van der Waals surface area contributed by atoms with Crippen LogP contribution in [-0.2, 0) is 6.42 Å². The second-order valence-corrected chi connectivity index (χ2v) is 6.75. The van der Waals surface area contributed by atoms with Gasteiger partial charge in [-0.25, -0.2) is 0 Å². The molecule has 0 bridgehead atoms. The highest BCUT2D eigenvalue weighted by Crippen LogP contribution is 2.15. The Hall–Kier alpha value is -0.890. The fraction of sp³-hybridized carbons (Fsp3) is 0.684. The second-order valence-electron chi connectivity index (χ2n) is 6.75. The van der Waals surface area contributed by atoms with Crippen LogP contribution in [0.4, 0.5) is 0 Å². The van der Waals surface area contributed by atoms with E-state index >= 15 is 0 Å². The lowest BCUT2D eigenvalue weighted by Gasteiger charge is -2.30. The van der Waals surface area contributed by atoms with Gasteiger partial charge in [0.25, 0.3) is 0 Å². The second kappa shape index (κ2) is 13.3. The van der Waals surface area contributed by atoms with Crippen LogP contribution in [0.15, 0.2) is 29.4 Å². The lowest BCUT2D eigenvalue weighted by atomic mass is 10.0. The van der Waals surface area contributed by atoms with Gasteiger partial charge in [0.1, 0.15) is 0 Å². The van der Waals surface area contributed by atoms with Crippen LogP contribution >= 0.6 is 24.0 Å².